The van der Waals surface area contributed by atoms with Gasteiger partial charge in [-0.05, 0) is 163 Å². The molecule has 8 aromatic carbocycles. The van der Waals surface area contributed by atoms with Gasteiger partial charge in [-0.25, -0.2) is 0 Å². The molecule has 0 fully saturated rings. The second-order valence-corrected chi connectivity index (χ2v) is 34.8. The third-order valence-electron chi connectivity index (χ3n) is 12.7. The standard InChI is InChI=1S/C13H12ClNS.C13H19NS.C10H12Cl2N2S.C10H11Cl2NS.C9H8Cl3NS.2C9H9Cl2NS.CH4/c1-9(15)16-8-10-6-7-13(14)12-5-3-2-4-11(10)12;1-10(14)15-9-11-5-7-12(8-6-11)13(2,3)4;1-13-10(14-2)15-6-7-3-4-8(11)5-9(7)12;1-2-10(13)14-6-7-3-4-8(11)5-9(7)12;1-5(13)14-4-7-8(11)2-6(10)3-9(7)12;1-6(12)13-5-7-2-3-8(10)4-9(7)11;1-6(12)13-5-7-8(10)3-2-4-9(7)11;/h2-7,15H,8H2,1H3;5-8,14H,9H2,1-4H3;3-5H,6H2,1-2H3,(H,13,14);3-5,13H,2,6H2,1H3;2-3,13H,4H2,1H3;2*2-4,12H,5H2,1H3;1H4. The maximum atomic E-state index is 7.49. The highest BCUT2D eigenvalue weighted by Gasteiger charge is 2.14. The highest BCUT2D eigenvalue weighted by atomic mass is 35.5. The monoisotopic (exact) mass is 1730 g/mol. The molecule has 0 spiro atoms. The summed E-state index contributed by atoms with van der Waals surface area (Å²) in [5.41, 5.74) is 8.95. The Kier molecular flexibility index (Phi) is 50.1. The summed E-state index contributed by atoms with van der Waals surface area (Å²) in [6, 6.07) is 45.9. The number of fused-ring (bicyclic) bond motifs is 1. The quantitative estimate of drug-likeness (QED) is 0.0393. The number of thioether (sulfide) groups is 7. The molecular formula is C74H84Cl12N8S7. The SMILES string of the molecule is C.CC(=N)SCc1c(Cl)cc(Cl)cc1Cl.CC(=N)SCc1c(Cl)cccc1Cl.CC(=N)SCc1ccc(C(C)(C)C)cc1.CC(=N)SCc1ccc(Cl)c2ccccc12.CC(=N)SCc1ccc(Cl)cc1Cl.CCC(=N)SCc1ccc(Cl)cc1Cl.CN=C(NC)SCc1ccc(Cl)cc1Cl. The van der Waals surface area contributed by atoms with Crippen molar-refractivity contribution >= 4 is 268 Å². The van der Waals surface area contributed by atoms with Crippen LogP contribution in [0, 0.1) is 32.5 Å². The van der Waals surface area contributed by atoms with E-state index in [9.17, 15) is 0 Å². The Morgan fingerprint density at radius 3 is 1.12 bits per heavy atom. The van der Waals surface area contributed by atoms with Crippen molar-refractivity contribution < 1.29 is 0 Å². The Morgan fingerprint density at radius 1 is 0.376 bits per heavy atom. The highest BCUT2D eigenvalue weighted by Crippen LogP contribution is 2.34. The average molecular weight is 1740 g/mol. The van der Waals surface area contributed by atoms with Crippen LogP contribution in [0.4, 0.5) is 0 Å². The third kappa shape index (κ3) is 40.8. The molecule has 0 unspecified atom stereocenters. The van der Waals surface area contributed by atoms with Gasteiger partial charge in [-0.1, -0.05) is 265 Å². The first-order valence-corrected chi connectivity index (χ1v) is 41.5. The molecule has 0 aromatic heterocycles. The molecule has 8 rings (SSSR count). The molecule has 27 heteroatoms. The molecule has 0 heterocycles. The second kappa shape index (κ2) is 52.5. The Morgan fingerprint density at radius 2 is 0.733 bits per heavy atom. The van der Waals surface area contributed by atoms with Crippen molar-refractivity contribution in [3.8, 4) is 0 Å². The summed E-state index contributed by atoms with van der Waals surface area (Å²) in [5, 5.41) is 61.6. The van der Waals surface area contributed by atoms with Crippen LogP contribution in [0.3, 0.4) is 0 Å². The van der Waals surface area contributed by atoms with Crippen LogP contribution in [-0.4, -0.2) is 49.5 Å². The van der Waals surface area contributed by atoms with Gasteiger partial charge >= 0.3 is 0 Å². The topological polar surface area (TPSA) is 167 Å². The van der Waals surface area contributed by atoms with Gasteiger partial charge in [-0.2, -0.15) is 0 Å². The zero-order chi connectivity index (χ0) is 75.2. The first kappa shape index (κ1) is 96.5. The lowest BCUT2D eigenvalue weighted by molar-refractivity contribution is 0.590. The van der Waals surface area contributed by atoms with Crippen LogP contribution in [0.5, 0.6) is 0 Å². The number of hydrogen-bond donors (Lipinski definition) is 7. The first-order chi connectivity index (χ1) is 47.1. The molecule has 7 N–H and O–H groups in total. The molecule has 0 bridgehead atoms. The molecule has 0 radical (unpaired) electrons. The van der Waals surface area contributed by atoms with Crippen molar-refractivity contribution in [2.75, 3.05) is 14.1 Å². The fraction of sp³-hybridized carbons (Fsp3) is 0.284. The summed E-state index contributed by atoms with van der Waals surface area (Å²) in [7, 11) is 3.60. The molecule has 101 heavy (non-hydrogen) atoms. The van der Waals surface area contributed by atoms with Gasteiger partial charge in [0.1, 0.15) is 0 Å². The molecule has 546 valence electrons. The summed E-state index contributed by atoms with van der Waals surface area (Å²) in [5.74, 6) is 5.24. The van der Waals surface area contributed by atoms with Gasteiger partial charge in [-0.15, -0.1) is 70.6 Å². The zero-order valence-corrected chi connectivity index (χ0v) is 71.6. The maximum Gasteiger partial charge on any atom is 0.156 e. The van der Waals surface area contributed by atoms with Crippen LogP contribution in [0.25, 0.3) is 10.8 Å². The maximum absolute atomic E-state index is 7.49. The number of amidine groups is 1. The summed E-state index contributed by atoms with van der Waals surface area (Å²) < 4.78 is 0. The molecule has 0 atom stereocenters. The lowest BCUT2D eigenvalue weighted by Gasteiger charge is -2.19. The number of hydrogen-bond acceptors (Lipinski definition) is 14. The smallest absolute Gasteiger partial charge is 0.156 e. The van der Waals surface area contributed by atoms with E-state index < -0.39 is 0 Å². The lowest BCUT2D eigenvalue weighted by atomic mass is 9.87. The largest absolute Gasteiger partial charge is 0.368 e. The Labute approximate surface area is 689 Å². The summed E-state index contributed by atoms with van der Waals surface area (Å²) in [6.45, 7) is 17.5. The fourth-order valence-electron chi connectivity index (χ4n) is 7.43. The van der Waals surface area contributed by atoms with E-state index in [4.69, 9.17) is 172 Å². The molecule has 8 aromatic rings. The Hall–Kier alpha value is -2.56. The Bertz CT molecular complexity index is 3980. The van der Waals surface area contributed by atoms with Crippen LogP contribution in [0.15, 0.2) is 151 Å². The molecule has 0 aliphatic heterocycles. The predicted molar refractivity (Wildman–Crippen MR) is 475 cm³/mol. The minimum absolute atomic E-state index is 0. The van der Waals surface area contributed by atoms with Crippen LogP contribution < -0.4 is 5.32 Å². The van der Waals surface area contributed by atoms with Crippen molar-refractivity contribution in [2.24, 2.45) is 4.99 Å². The predicted octanol–water partition coefficient (Wildman–Crippen LogP) is 30.9. The van der Waals surface area contributed by atoms with E-state index in [0.29, 0.717) is 97.0 Å². The normalized spacial score (nSPS) is 10.5. The van der Waals surface area contributed by atoms with Gasteiger partial charge in [0.05, 0.1) is 30.3 Å². The van der Waals surface area contributed by atoms with Gasteiger partial charge in [-0.3, -0.25) is 37.4 Å². The second-order valence-electron chi connectivity index (χ2n) is 21.8. The summed E-state index contributed by atoms with van der Waals surface area (Å²) in [6.07, 6.45) is 0.774. The highest BCUT2D eigenvalue weighted by molar-refractivity contribution is 8.14. The fourth-order valence-corrected chi connectivity index (χ4v) is 15.9. The number of benzene rings is 8. The van der Waals surface area contributed by atoms with E-state index >= 15 is 0 Å². The molecule has 8 nitrogen and oxygen atoms in total. The third-order valence-corrected chi connectivity index (χ3v) is 23.0. The summed E-state index contributed by atoms with van der Waals surface area (Å²) >= 11 is 81.5. The van der Waals surface area contributed by atoms with E-state index in [1.807, 2.05) is 113 Å². The van der Waals surface area contributed by atoms with Gasteiger partial charge < -0.3 is 5.32 Å². The summed E-state index contributed by atoms with van der Waals surface area (Å²) in [4.78, 5) is 4.07. The molecular weight excluding hydrogens is 1650 g/mol. The van der Waals surface area contributed by atoms with Gasteiger partial charge in [0.15, 0.2) is 5.17 Å². The lowest BCUT2D eigenvalue weighted by Crippen LogP contribution is -2.14. The molecule has 0 amide bonds. The zero-order valence-electron chi connectivity index (χ0n) is 56.9. The molecule has 0 aliphatic carbocycles. The van der Waals surface area contributed by atoms with Crippen LogP contribution >= 0.6 is 222 Å². The number of halogens is 12. The van der Waals surface area contributed by atoms with Crippen LogP contribution in [0.1, 0.15) is 121 Å². The Balaban J connectivity index is 0.000000589. The van der Waals surface area contributed by atoms with Crippen molar-refractivity contribution in [1.82, 2.24) is 5.32 Å². The molecule has 0 saturated carbocycles. The van der Waals surface area contributed by atoms with Crippen molar-refractivity contribution in [2.45, 2.75) is 122 Å². The van der Waals surface area contributed by atoms with E-state index in [0.717, 1.165) is 78.6 Å². The van der Waals surface area contributed by atoms with Crippen LogP contribution in [0.2, 0.25) is 60.3 Å². The number of nitrogens with zero attached hydrogens (tertiary/aromatic N) is 1. The van der Waals surface area contributed by atoms with Crippen molar-refractivity contribution in [1.29, 1.82) is 32.5 Å². The van der Waals surface area contributed by atoms with Crippen LogP contribution in [-0.2, 0) is 45.7 Å². The van der Waals surface area contributed by atoms with E-state index in [2.05, 4.69) is 61.4 Å². The van der Waals surface area contributed by atoms with Gasteiger partial charge in [0.2, 0.25) is 0 Å². The minimum atomic E-state index is 0. The minimum Gasteiger partial charge on any atom is -0.368 e. The number of rotatable bonds is 15. The van der Waals surface area contributed by atoms with Gasteiger partial charge in [0.25, 0.3) is 0 Å². The van der Waals surface area contributed by atoms with E-state index in [-0.39, 0.29) is 12.8 Å². The molecule has 0 aliphatic rings. The van der Waals surface area contributed by atoms with E-state index in [1.165, 1.54) is 69.1 Å². The number of aliphatic imine (C=N–C) groups is 1. The average Bonchev–Trinajstić information content (AvgIpc) is 0.805. The van der Waals surface area contributed by atoms with Gasteiger partial charge in [0, 0.05) is 120 Å². The number of nitrogens with one attached hydrogen (secondary N) is 7. The van der Waals surface area contributed by atoms with E-state index in [1.54, 1.807) is 93.4 Å². The van der Waals surface area contributed by atoms with Crippen molar-refractivity contribution in [3.05, 3.63) is 250 Å². The first-order valence-electron chi connectivity index (χ1n) is 30.1. The van der Waals surface area contributed by atoms with Crippen molar-refractivity contribution in [3.63, 3.8) is 0 Å². The molecule has 0 saturated heterocycles.